The van der Waals surface area contributed by atoms with Crippen molar-refractivity contribution in [2.24, 2.45) is 0 Å². The van der Waals surface area contributed by atoms with Crippen molar-refractivity contribution in [3.8, 4) is 0 Å². The Morgan fingerprint density at radius 3 is 2.46 bits per heavy atom. The molecule has 0 bridgehead atoms. The van der Waals surface area contributed by atoms with E-state index in [-0.39, 0.29) is 5.78 Å². The average molecular weight is 195 g/mol. The summed E-state index contributed by atoms with van der Waals surface area (Å²) in [5.74, 6) is 0.766. The highest BCUT2D eigenvalue weighted by Gasteiger charge is 1.97. The molecule has 1 rings (SSSR count). The van der Waals surface area contributed by atoms with Crippen LogP contribution in [0, 0.1) is 0 Å². The molecule has 1 N–H and O–H groups in total. The SMILES string of the molecule is CC(=O)c1ccc(CNCS)cc1. The third-order valence-electron chi connectivity index (χ3n) is 1.80. The molecule has 0 aliphatic rings. The van der Waals surface area contributed by atoms with Gasteiger partial charge in [-0.3, -0.25) is 4.79 Å². The van der Waals surface area contributed by atoms with Gasteiger partial charge in [0.2, 0.25) is 0 Å². The lowest BCUT2D eigenvalue weighted by Crippen LogP contribution is -2.10. The summed E-state index contributed by atoms with van der Waals surface area (Å²) in [5, 5.41) is 3.09. The number of hydrogen-bond acceptors (Lipinski definition) is 3. The molecule has 0 fully saturated rings. The van der Waals surface area contributed by atoms with Gasteiger partial charge in [-0.15, -0.1) is 0 Å². The summed E-state index contributed by atoms with van der Waals surface area (Å²) in [4.78, 5) is 10.9. The molecule has 1 aromatic carbocycles. The summed E-state index contributed by atoms with van der Waals surface area (Å²) in [5.41, 5.74) is 1.92. The Balaban J connectivity index is 2.64. The van der Waals surface area contributed by atoms with Crippen molar-refractivity contribution in [1.29, 1.82) is 0 Å². The zero-order valence-electron chi connectivity index (χ0n) is 7.58. The van der Waals surface area contributed by atoms with Gasteiger partial charge in [0.1, 0.15) is 0 Å². The van der Waals surface area contributed by atoms with E-state index in [2.05, 4.69) is 17.9 Å². The van der Waals surface area contributed by atoms with E-state index in [4.69, 9.17) is 0 Å². The fraction of sp³-hybridized carbons (Fsp3) is 0.300. The molecule has 0 saturated heterocycles. The lowest BCUT2D eigenvalue weighted by Gasteiger charge is -2.01. The molecule has 0 unspecified atom stereocenters. The Morgan fingerprint density at radius 1 is 1.38 bits per heavy atom. The smallest absolute Gasteiger partial charge is 0.159 e. The van der Waals surface area contributed by atoms with Gasteiger partial charge >= 0.3 is 0 Å². The zero-order valence-corrected chi connectivity index (χ0v) is 8.47. The lowest BCUT2D eigenvalue weighted by atomic mass is 10.1. The maximum atomic E-state index is 10.9. The predicted octanol–water partition coefficient (Wildman–Crippen LogP) is 1.87. The molecule has 0 aliphatic heterocycles. The number of thiol groups is 1. The van der Waals surface area contributed by atoms with Crippen LogP contribution in [-0.4, -0.2) is 11.7 Å². The molecule has 0 radical (unpaired) electrons. The van der Waals surface area contributed by atoms with Crippen molar-refractivity contribution in [3.63, 3.8) is 0 Å². The van der Waals surface area contributed by atoms with Gasteiger partial charge in [-0.1, -0.05) is 24.3 Å². The normalized spacial score (nSPS) is 10.0. The molecular formula is C10H13NOS. The first-order chi connectivity index (χ1) is 6.24. The second-order valence-corrected chi connectivity index (χ2v) is 3.15. The maximum absolute atomic E-state index is 10.9. The van der Waals surface area contributed by atoms with Crippen LogP contribution in [0.25, 0.3) is 0 Å². The molecule has 0 saturated carbocycles. The quantitative estimate of drug-likeness (QED) is 0.436. The molecule has 1 aromatic rings. The van der Waals surface area contributed by atoms with Gasteiger partial charge in [0.25, 0.3) is 0 Å². The molecule has 13 heavy (non-hydrogen) atoms. The Hall–Kier alpha value is -0.800. The van der Waals surface area contributed by atoms with Gasteiger partial charge in [-0.25, -0.2) is 0 Å². The molecular weight excluding hydrogens is 182 g/mol. The molecule has 0 spiro atoms. The number of benzene rings is 1. The first-order valence-electron chi connectivity index (χ1n) is 4.15. The van der Waals surface area contributed by atoms with Crippen molar-refractivity contribution in [3.05, 3.63) is 35.4 Å². The molecule has 0 aliphatic carbocycles. The third-order valence-corrected chi connectivity index (χ3v) is 2.02. The number of carbonyl (C=O) groups excluding carboxylic acids is 1. The van der Waals surface area contributed by atoms with Crippen molar-refractivity contribution in [2.75, 3.05) is 5.88 Å². The van der Waals surface area contributed by atoms with Crippen LogP contribution >= 0.6 is 12.6 Å². The second-order valence-electron chi connectivity index (χ2n) is 2.84. The molecule has 2 nitrogen and oxygen atoms in total. The van der Waals surface area contributed by atoms with Gasteiger partial charge in [-0.05, 0) is 12.5 Å². The van der Waals surface area contributed by atoms with E-state index < -0.39 is 0 Å². The van der Waals surface area contributed by atoms with Gasteiger partial charge in [-0.2, -0.15) is 12.6 Å². The summed E-state index contributed by atoms with van der Waals surface area (Å²) in [6.07, 6.45) is 0. The molecule has 0 amide bonds. The summed E-state index contributed by atoms with van der Waals surface area (Å²) in [6.45, 7) is 2.36. The Bertz CT molecular complexity index is 281. The largest absolute Gasteiger partial charge is 0.304 e. The highest BCUT2D eigenvalue weighted by Crippen LogP contribution is 2.04. The standard InChI is InChI=1S/C10H13NOS/c1-8(12)10-4-2-9(3-5-10)6-11-7-13/h2-5,11,13H,6-7H2,1H3. The fourth-order valence-corrected chi connectivity index (χ4v) is 1.17. The fourth-order valence-electron chi connectivity index (χ4n) is 1.06. The minimum Gasteiger partial charge on any atom is -0.304 e. The lowest BCUT2D eigenvalue weighted by molar-refractivity contribution is 0.101. The molecule has 0 atom stereocenters. The second kappa shape index (κ2) is 5.04. The van der Waals surface area contributed by atoms with E-state index in [0.29, 0.717) is 5.88 Å². The van der Waals surface area contributed by atoms with Crippen molar-refractivity contribution in [1.82, 2.24) is 5.32 Å². The topological polar surface area (TPSA) is 29.1 Å². The predicted molar refractivity (Wildman–Crippen MR) is 57.1 cm³/mol. The monoisotopic (exact) mass is 195 g/mol. The first-order valence-corrected chi connectivity index (χ1v) is 4.78. The van der Waals surface area contributed by atoms with Crippen LogP contribution in [0.1, 0.15) is 22.8 Å². The summed E-state index contributed by atoms with van der Waals surface area (Å²) >= 11 is 4.04. The number of rotatable bonds is 4. The van der Waals surface area contributed by atoms with Crippen LogP contribution in [0.3, 0.4) is 0 Å². The van der Waals surface area contributed by atoms with E-state index in [1.807, 2.05) is 24.3 Å². The van der Waals surface area contributed by atoms with Gasteiger partial charge < -0.3 is 5.32 Å². The molecule has 3 heteroatoms. The number of ketones is 1. The molecule has 70 valence electrons. The highest BCUT2D eigenvalue weighted by molar-refractivity contribution is 7.80. The van der Waals surface area contributed by atoms with Crippen LogP contribution in [-0.2, 0) is 6.54 Å². The van der Waals surface area contributed by atoms with Crippen molar-refractivity contribution >= 4 is 18.4 Å². The molecule has 0 aromatic heterocycles. The van der Waals surface area contributed by atoms with E-state index in [1.54, 1.807) is 6.92 Å². The van der Waals surface area contributed by atoms with E-state index >= 15 is 0 Å². The van der Waals surface area contributed by atoms with Gasteiger partial charge in [0.15, 0.2) is 5.78 Å². The van der Waals surface area contributed by atoms with Crippen LogP contribution in [0.15, 0.2) is 24.3 Å². The van der Waals surface area contributed by atoms with Crippen LogP contribution in [0.4, 0.5) is 0 Å². The van der Waals surface area contributed by atoms with Crippen LogP contribution in [0.2, 0.25) is 0 Å². The Kier molecular flexibility index (Phi) is 3.99. The Morgan fingerprint density at radius 2 is 2.00 bits per heavy atom. The minimum absolute atomic E-state index is 0.105. The van der Waals surface area contributed by atoms with Gasteiger partial charge in [0.05, 0.1) is 0 Å². The number of Topliss-reactive ketones (excluding diaryl/α,β-unsaturated/α-hetero) is 1. The number of carbonyl (C=O) groups is 1. The van der Waals surface area contributed by atoms with Crippen LogP contribution < -0.4 is 5.32 Å². The Labute approximate surface area is 83.8 Å². The zero-order chi connectivity index (χ0) is 9.68. The van der Waals surface area contributed by atoms with Crippen molar-refractivity contribution in [2.45, 2.75) is 13.5 Å². The maximum Gasteiger partial charge on any atom is 0.159 e. The summed E-state index contributed by atoms with van der Waals surface area (Å²) in [7, 11) is 0. The molecule has 0 heterocycles. The summed E-state index contributed by atoms with van der Waals surface area (Å²) < 4.78 is 0. The van der Waals surface area contributed by atoms with Crippen LogP contribution in [0.5, 0.6) is 0 Å². The first kappa shape index (κ1) is 10.3. The third kappa shape index (κ3) is 3.20. The van der Waals surface area contributed by atoms with E-state index in [1.165, 1.54) is 5.56 Å². The number of nitrogens with one attached hydrogen (secondary N) is 1. The summed E-state index contributed by atoms with van der Waals surface area (Å²) in [6, 6.07) is 7.59. The number of hydrogen-bond donors (Lipinski definition) is 2. The average Bonchev–Trinajstić information content (AvgIpc) is 2.15. The van der Waals surface area contributed by atoms with Gasteiger partial charge in [0, 0.05) is 18.0 Å². The van der Waals surface area contributed by atoms with E-state index in [9.17, 15) is 4.79 Å². The minimum atomic E-state index is 0.105. The highest BCUT2D eigenvalue weighted by atomic mass is 32.1. The van der Waals surface area contributed by atoms with E-state index in [0.717, 1.165) is 12.1 Å². The van der Waals surface area contributed by atoms with Crippen molar-refractivity contribution < 1.29 is 4.79 Å².